The highest BCUT2D eigenvalue weighted by Crippen LogP contribution is 2.32. The van der Waals surface area contributed by atoms with E-state index in [-0.39, 0.29) is 6.04 Å². The average Bonchev–Trinajstić information content (AvgIpc) is 2.94. The van der Waals surface area contributed by atoms with Crippen molar-refractivity contribution in [1.29, 1.82) is 0 Å². The van der Waals surface area contributed by atoms with E-state index in [4.69, 9.17) is 21.8 Å². The zero-order valence-electron chi connectivity index (χ0n) is 10.7. The second kappa shape index (κ2) is 4.40. The third kappa shape index (κ3) is 1.93. The molecular formula is C14H14ClN3O. The van der Waals surface area contributed by atoms with Crippen molar-refractivity contribution in [3.8, 4) is 0 Å². The summed E-state index contributed by atoms with van der Waals surface area (Å²) in [6.45, 7) is 1.99. The number of nitrogens with two attached hydrogens (primary N) is 1. The van der Waals surface area contributed by atoms with Gasteiger partial charge >= 0.3 is 0 Å². The maximum Gasteiger partial charge on any atom is 0.134 e. The molecule has 0 saturated carbocycles. The van der Waals surface area contributed by atoms with Crippen LogP contribution in [0.25, 0.3) is 11.0 Å². The summed E-state index contributed by atoms with van der Waals surface area (Å²) in [7, 11) is 1.87. The number of furan rings is 1. The van der Waals surface area contributed by atoms with Gasteiger partial charge in [-0.15, -0.1) is 0 Å². The maximum absolute atomic E-state index is 6.28. The smallest absolute Gasteiger partial charge is 0.134 e. The fourth-order valence-corrected chi connectivity index (χ4v) is 2.50. The molecule has 0 aliphatic carbocycles. The van der Waals surface area contributed by atoms with Gasteiger partial charge in [0.1, 0.15) is 17.4 Å². The molecule has 0 fully saturated rings. The first-order valence-corrected chi connectivity index (χ1v) is 6.37. The van der Waals surface area contributed by atoms with Crippen LogP contribution in [0.3, 0.4) is 0 Å². The lowest BCUT2D eigenvalue weighted by molar-refractivity contribution is 0.506. The molecule has 0 bridgehead atoms. The quantitative estimate of drug-likeness (QED) is 0.781. The molecule has 1 aromatic carbocycles. The summed E-state index contributed by atoms with van der Waals surface area (Å²) in [4.78, 5) is 0. The Morgan fingerprint density at radius 3 is 2.84 bits per heavy atom. The van der Waals surface area contributed by atoms with E-state index in [1.54, 1.807) is 10.9 Å². The highest BCUT2D eigenvalue weighted by Gasteiger charge is 2.20. The molecule has 3 rings (SSSR count). The van der Waals surface area contributed by atoms with Crippen LogP contribution in [0.2, 0.25) is 5.02 Å². The maximum atomic E-state index is 6.28. The number of rotatable bonds is 2. The lowest BCUT2D eigenvalue weighted by Gasteiger charge is -2.10. The minimum Gasteiger partial charge on any atom is -0.459 e. The summed E-state index contributed by atoms with van der Waals surface area (Å²) in [5.41, 5.74) is 9.01. The van der Waals surface area contributed by atoms with Gasteiger partial charge in [0.2, 0.25) is 0 Å². The van der Waals surface area contributed by atoms with Crippen molar-refractivity contribution >= 4 is 22.6 Å². The van der Waals surface area contributed by atoms with Crippen molar-refractivity contribution in [3.63, 3.8) is 0 Å². The van der Waals surface area contributed by atoms with Gasteiger partial charge in [-0.05, 0) is 31.2 Å². The summed E-state index contributed by atoms with van der Waals surface area (Å²) in [6.07, 6.45) is 1.73. The first kappa shape index (κ1) is 12.3. The van der Waals surface area contributed by atoms with E-state index in [0.717, 1.165) is 28.0 Å². The molecule has 0 aliphatic rings. The minimum absolute atomic E-state index is 0.335. The molecule has 0 spiro atoms. The molecule has 3 aromatic rings. The zero-order valence-corrected chi connectivity index (χ0v) is 11.5. The summed E-state index contributed by atoms with van der Waals surface area (Å²) in [6, 6.07) is 7.13. The topological polar surface area (TPSA) is 57.0 Å². The molecule has 0 saturated heterocycles. The van der Waals surface area contributed by atoms with E-state index in [2.05, 4.69) is 5.10 Å². The molecule has 4 nitrogen and oxygen atoms in total. The summed E-state index contributed by atoms with van der Waals surface area (Å²) >= 11 is 6.02. The van der Waals surface area contributed by atoms with Crippen molar-refractivity contribution in [2.75, 3.05) is 0 Å². The SMILES string of the molecule is Cc1c(C(N)c2ccnn2C)oc2ccc(Cl)cc12. The Hall–Kier alpha value is -1.78. The van der Waals surface area contributed by atoms with E-state index >= 15 is 0 Å². The second-order valence-corrected chi connectivity index (χ2v) is 5.03. The van der Waals surface area contributed by atoms with Gasteiger partial charge < -0.3 is 10.2 Å². The van der Waals surface area contributed by atoms with Crippen molar-refractivity contribution in [1.82, 2.24) is 9.78 Å². The fourth-order valence-electron chi connectivity index (χ4n) is 2.33. The Balaban J connectivity index is 2.15. The van der Waals surface area contributed by atoms with Gasteiger partial charge in [-0.3, -0.25) is 4.68 Å². The van der Waals surface area contributed by atoms with Crippen molar-refractivity contribution in [3.05, 3.63) is 52.5 Å². The molecule has 2 N–H and O–H groups in total. The monoisotopic (exact) mass is 275 g/mol. The fraction of sp³-hybridized carbons (Fsp3) is 0.214. The molecule has 1 atom stereocenters. The Morgan fingerprint density at radius 2 is 2.16 bits per heavy atom. The number of nitrogens with zero attached hydrogens (tertiary/aromatic N) is 2. The molecule has 98 valence electrons. The van der Waals surface area contributed by atoms with Crippen LogP contribution in [0.5, 0.6) is 0 Å². The molecular weight excluding hydrogens is 262 g/mol. The van der Waals surface area contributed by atoms with Gasteiger partial charge in [-0.1, -0.05) is 11.6 Å². The average molecular weight is 276 g/mol. The van der Waals surface area contributed by atoms with Crippen LogP contribution < -0.4 is 5.73 Å². The van der Waals surface area contributed by atoms with E-state index in [9.17, 15) is 0 Å². The summed E-state index contributed by atoms with van der Waals surface area (Å²) in [5, 5.41) is 5.83. The van der Waals surface area contributed by atoms with Gasteiger partial charge in [0.05, 0.1) is 5.69 Å². The standard InChI is InChI=1S/C14H14ClN3O/c1-8-10-7-9(15)3-4-12(10)19-14(8)13(16)11-5-6-17-18(11)2/h3-7,13H,16H2,1-2H3. The number of aryl methyl sites for hydroxylation is 2. The lowest BCUT2D eigenvalue weighted by atomic mass is 10.1. The number of hydrogen-bond donors (Lipinski definition) is 1. The van der Waals surface area contributed by atoms with Crippen molar-refractivity contribution in [2.45, 2.75) is 13.0 Å². The number of hydrogen-bond acceptors (Lipinski definition) is 3. The number of halogens is 1. The molecule has 0 radical (unpaired) electrons. The van der Waals surface area contributed by atoms with Crippen LogP contribution in [-0.4, -0.2) is 9.78 Å². The van der Waals surface area contributed by atoms with Gasteiger partial charge in [-0.2, -0.15) is 5.10 Å². The number of benzene rings is 1. The second-order valence-electron chi connectivity index (χ2n) is 4.59. The van der Waals surface area contributed by atoms with Gasteiger partial charge in [-0.25, -0.2) is 0 Å². The normalized spacial score (nSPS) is 13.1. The van der Waals surface area contributed by atoms with Crippen LogP contribution in [0.4, 0.5) is 0 Å². The van der Waals surface area contributed by atoms with Crippen LogP contribution in [0.1, 0.15) is 23.1 Å². The number of aromatic nitrogens is 2. The Kier molecular flexibility index (Phi) is 2.84. The predicted molar refractivity (Wildman–Crippen MR) is 75.2 cm³/mol. The largest absolute Gasteiger partial charge is 0.459 e. The van der Waals surface area contributed by atoms with Crippen LogP contribution in [0, 0.1) is 6.92 Å². The third-order valence-corrected chi connectivity index (χ3v) is 3.63. The van der Waals surface area contributed by atoms with E-state index in [1.165, 1.54) is 0 Å². The van der Waals surface area contributed by atoms with E-state index in [1.807, 2.05) is 38.2 Å². The molecule has 5 heteroatoms. The summed E-state index contributed by atoms with van der Waals surface area (Å²) < 4.78 is 7.62. The lowest BCUT2D eigenvalue weighted by Crippen LogP contribution is -2.16. The van der Waals surface area contributed by atoms with Gasteiger partial charge in [0.15, 0.2) is 0 Å². The van der Waals surface area contributed by atoms with Gasteiger partial charge in [0.25, 0.3) is 0 Å². The molecule has 1 unspecified atom stereocenters. The van der Waals surface area contributed by atoms with Crippen LogP contribution >= 0.6 is 11.6 Å². The van der Waals surface area contributed by atoms with Gasteiger partial charge in [0, 0.05) is 29.2 Å². The predicted octanol–water partition coefficient (Wildman–Crippen LogP) is 3.18. The molecule has 0 amide bonds. The summed E-state index contributed by atoms with van der Waals surface area (Å²) in [5.74, 6) is 0.751. The van der Waals surface area contributed by atoms with Crippen LogP contribution in [0.15, 0.2) is 34.9 Å². The number of fused-ring (bicyclic) bond motifs is 1. The minimum atomic E-state index is -0.335. The highest BCUT2D eigenvalue weighted by atomic mass is 35.5. The van der Waals surface area contributed by atoms with E-state index < -0.39 is 0 Å². The van der Waals surface area contributed by atoms with Crippen molar-refractivity contribution in [2.24, 2.45) is 12.8 Å². The third-order valence-electron chi connectivity index (χ3n) is 3.40. The van der Waals surface area contributed by atoms with Crippen LogP contribution in [-0.2, 0) is 7.05 Å². The first-order valence-electron chi connectivity index (χ1n) is 6.00. The van der Waals surface area contributed by atoms with E-state index in [0.29, 0.717) is 5.02 Å². The molecule has 2 aromatic heterocycles. The van der Waals surface area contributed by atoms with Crippen molar-refractivity contribution < 1.29 is 4.42 Å². The molecule has 0 aliphatic heterocycles. The Labute approximate surface area is 115 Å². The first-order chi connectivity index (χ1) is 9.08. The zero-order chi connectivity index (χ0) is 13.6. The Morgan fingerprint density at radius 1 is 1.37 bits per heavy atom. The molecule has 19 heavy (non-hydrogen) atoms. The highest BCUT2D eigenvalue weighted by molar-refractivity contribution is 6.31. The molecule has 2 heterocycles. The Bertz CT molecular complexity index is 744.